The number of rotatable bonds is 3. The first kappa shape index (κ1) is 15.3. The molecule has 0 saturated carbocycles. The molecule has 2 N–H and O–H groups in total. The second-order valence-electron chi connectivity index (χ2n) is 5.59. The zero-order valence-corrected chi connectivity index (χ0v) is 13.7. The highest BCUT2D eigenvalue weighted by molar-refractivity contribution is 7.15. The van der Waals surface area contributed by atoms with Gasteiger partial charge in [0.05, 0.1) is 18.4 Å². The van der Waals surface area contributed by atoms with Crippen LogP contribution in [-0.4, -0.2) is 12.1 Å². The second-order valence-corrected chi connectivity index (χ2v) is 7.11. The van der Waals surface area contributed by atoms with Crippen molar-refractivity contribution in [1.29, 1.82) is 0 Å². The van der Waals surface area contributed by atoms with Crippen molar-refractivity contribution in [1.82, 2.24) is 4.98 Å². The fourth-order valence-electron chi connectivity index (χ4n) is 2.03. The van der Waals surface area contributed by atoms with E-state index in [0.717, 1.165) is 26.9 Å². The van der Waals surface area contributed by atoms with Crippen molar-refractivity contribution in [2.75, 3.05) is 7.11 Å². The molecule has 0 amide bonds. The summed E-state index contributed by atoms with van der Waals surface area (Å²) < 4.78 is 5.40. The monoisotopic (exact) mass is 310 g/mol. The van der Waals surface area contributed by atoms with Crippen molar-refractivity contribution in [3.63, 3.8) is 0 Å². The lowest BCUT2D eigenvalue weighted by molar-refractivity contribution is 0.416. The lowest BCUT2D eigenvalue weighted by atomic mass is 9.91. The Hall–Kier alpha value is -1.10. The SMILES string of the molecule is COc1cc(Cl)ccc1-c1nc(C(C)(C)C)c(CN)s1. The summed E-state index contributed by atoms with van der Waals surface area (Å²) in [5.41, 5.74) is 7.83. The van der Waals surface area contributed by atoms with Crippen LogP contribution in [0.1, 0.15) is 31.3 Å². The number of benzene rings is 1. The van der Waals surface area contributed by atoms with E-state index in [-0.39, 0.29) is 5.41 Å². The summed E-state index contributed by atoms with van der Waals surface area (Å²) in [5.74, 6) is 0.732. The Kier molecular flexibility index (Phi) is 4.37. The lowest BCUT2D eigenvalue weighted by Crippen LogP contribution is -2.15. The number of thiazole rings is 1. The van der Waals surface area contributed by atoms with Crippen LogP contribution in [0.3, 0.4) is 0 Å². The molecule has 0 bridgehead atoms. The van der Waals surface area contributed by atoms with Crippen molar-refractivity contribution < 1.29 is 4.74 Å². The molecule has 0 saturated heterocycles. The summed E-state index contributed by atoms with van der Waals surface area (Å²) in [4.78, 5) is 5.89. The number of hydrogen-bond donors (Lipinski definition) is 1. The lowest BCUT2D eigenvalue weighted by Gasteiger charge is -2.16. The van der Waals surface area contributed by atoms with Gasteiger partial charge in [-0.25, -0.2) is 4.98 Å². The summed E-state index contributed by atoms with van der Waals surface area (Å²) in [5, 5.41) is 1.57. The minimum absolute atomic E-state index is 0.0247. The molecule has 0 unspecified atom stereocenters. The molecule has 0 radical (unpaired) electrons. The first-order valence-corrected chi connectivity index (χ1v) is 7.60. The third-order valence-corrected chi connectivity index (χ3v) is 4.33. The molecule has 0 fully saturated rings. The maximum absolute atomic E-state index is 6.00. The normalized spacial score (nSPS) is 11.7. The van der Waals surface area contributed by atoms with E-state index in [1.807, 2.05) is 12.1 Å². The summed E-state index contributed by atoms with van der Waals surface area (Å²) in [7, 11) is 1.64. The number of ether oxygens (including phenoxy) is 1. The van der Waals surface area contributed by atoms with Gasteiger partial charge >= 0.3 is 0 Å². The van der Waals surface area contributed by atoms with Gasteiger partial charge in [0.1, 0.15) is 10.8 Å². The predicted octanol–water partition coefficient (Wildman–Crippen LogP) is 4.23. The summed E-state index contributed by atoms with van der Waals surface area (Å²) in [6.07, 6.45) is 0. The molecule has 2 rings (SSSR count). The largest absolute Gasteiger partial charge is 0.496 e. The predicted molar refractivity (Wildman–Crippen MR) is 85.7 cm³/mol. The number of methoxy groups -OCH3 is 1. The van der Waals surface area contributed by atoms with Gasteiger partial charge in [-0.15, -0.1) is 11.3 Å². The van der Waals surface area contributed by atoms with E-state index >= 15 is 0 Å². The van der Waals surface area contributed by atoms with E-state index in [1.165, 1.54) is 0 Å². The van der Waals surface area contributed by atoms with Crippen LogP contribution in [0, 0.1) is 0 Å². The number of nitrogens with two attached hydrogens (primary N) is 1. The van der Waals surface area contributed by atoms with E-state index in [9.17, 15) is 0 Å². The molecule has 1 aromatic heterocycles. The second kappa shape index (κ2) is 5.72. The van der Waals surface area contributed by atoms with Gasteiger partial charge in [0.2, 0.25) is 0 Å². The molecule has 0 atom stereocenters. The molecular weight excluding hydrogens is 292 g/mol. The zero-order chi connectivity index (χ0) is 14.9. The molecule has 0 spiro atoms. The summed E-state index contributed by atoms with van der Waals surface area (Å²) >= 11 is 7.62. The number of halogens is 1. The van der Waals surface area contributed by atoms with Crippen LogP contribution in [0.2, 0.25) is 5.02 Å². The number of aromatic nitrogens is 1. The summed E-state index contributed by atoms with van der Waals surface area (Å²) in [6, 6.07) is 5.59. The number of nitrogens with zero attached hydrogens (tertiary/aromatic N) is 1. The van der Waals surface area contributed by atoms with Crippen molar-refractivity contribution in [2.45, 2.75) is 32.7 Å². The highest BCUT2D eigenvalue weighted by atomic mass is 35.5. The van der Waals surface area contributed by atoms with Crippen molar-refractivity contribution in [2.24, 2.45) is 5.73 Å². The molecule has 20 heavy (non-hydrogen) atoms. The van der Waals surface area contributed by atoms with E-state index in [2.05, 4.69) is 20.8 Å². The molecule has 3 nitrogen and oxygen atoms in total. The van der Waals surface area contributed by atoms with Crippen LogP contribution < -0.4 is 10.5 Å². The molecule has 5 heteroatoms. The third-order valence-electron chi connectivity index (χ3n) is 2.99. The van der Waals surface area contributed by atoms with Crippen molar-refractivity contribution in [3.8, 4) is 16.3 Å². The third kappa shape index (κ3) is 2.97. The van der Waals surface area contributed by atoms with Gasteiger partial charge in [-0.3, -0.25) is 0 Å². The van der Waals surface area contributed by atoms with Crippen molar-refractivity contribution in [3.05, 3.63) is 33.8 Å². The van der Waals surface area contributed by atoms with Gasteiger partial charge in [-0.05, 0) is 18.2 Å². The van der Waals surface area contributed by atoms with Crippen LogP contribution in [0.4, 0.5) is 0 Å². The summed E-state index contributed by atoms with van der Waals surface area (Å²) in [6.45, 7) is 6.93. The standard InChI is InChI=1S/C15H19ClN2OS/c1-15(2,3)13-12(8-17)20-14(18-13)10-6-5-9(16)7-11(10)19-4/h5-7H,8,17H2,1-4H3. The Labute approximate surface area is 128 Å². The highest BCUT2D eigenvalue weighted by Crippen LogP contribution is 2.38. The maximum atomic E-state index is 6.00. The topological polar surface area (TPSA) is 48.1 Å². The molecule has 0 aliphatic carbocycles. The Bertz CT molecular complexity index is 617. The minimum Gasteiger partial charge on any atom is -0.496 e. The van der Waals surface area contributed by atoms with Gasteiger partial charge in [-0.2, -0.15) is 0 Å². The van der Waals surface area contributed by atoms with Crippen molar-refractivity contribution >= 4 is 22.9 Å². The molecule has 1 aromatic carbocycles. The molecule has 0 aliphatic rings. The first-order valence-electron chi connectivity index (χ1n) is 6.41. The average molecular weight is 311 g/mol. The minimum atomic E-state index is -0.0247. The fraction of sp³-hybridized carbons (Fsp3) is 0.400. The van der Waals surface area contributed by atoms with Gasteiger partial charge in [0, 0.05) is 21.9 Å². The Balaban J connectivity index is 2.57. The van der Waals surface area contributed by atoms with Crippen LogP contribution in [0.15, 0.2) is 18.2 Å². The van der Waals surface area contributed by atoms with Gasteiger partial charge in [0.15, 0.2) is 0 Å². The van der Waals surface area contributed by atoms with Gasteiger partial charge < -0.3 is 10.5 Å². The smallest absolute Gasteiger partial charge is 0.130 e. The van der Waals surface area contributed by atoms with E-state index < -0.39 is 0 Å². The first-order chi connectivity index (χ1) is 9.36. The molecule has 0 aliphatic heterocycles. The Morgan fingerprint density at radius 3 is 2.55 bits per heavy atom. The van der Waals surface area contributed by atoms with Gasteiger partial charge in [-0.1, -0.05) is 32.4 Å². The van der Waals surface area contributed by atoms with E-state index in [0.29, 0.717) is 11.6 Å². The zero-order valence-electron chi connectivity index (χ0n) is 12.2. The van der Waals surface area contributed by atoms with Crippen LogP contribution in [-0.2, 0) is 12.0 Å². The van der Waals surface area contributed by atoms with E-state index in [1.54, 1.807) is 24.5 Å². The molecule has 108 valence electrons. The van der Waals surface area contributed by atoms with Crippen LogP contribution >= 0.6 is 22.9 Å². The number of hydrogen-bond acceptors (Lipinski definition) is 4. The molecule has 1 heterocycles. The van der Waals surface area contributed by atoms with Gasteiger partial charge in [0.25, 0.3) is 0 Å². The molecular formula is C15H19ClN2OS. The fourth-order valence-corrected chi connectivity index (χ4v) is 3.38. The maximum Gasteiger partial charge on any atom is 0.130 e. The van der Waals surface area contributed by atoms with Crippen LogP contribution in [0.25, 0.3) is 10.6 Å². The van der Waals surface area contributed by atoms with E-state index in [4.69, 9.17) is 27.1 Å². The quantitative estimate of drug-likeness (QED) is 0.923. The van der Waals surface area contributed by atoms with Crippen LogP contribution in [0.5, 0.6) is 5.75 Å². The molecule has 2 aromatic rings. The Morgan fingerprint density at radius 2 is 2.05 bits per heavy atom. The Morgan fingerprint density at radius 1 is 1.35 bits per heavy atom. The highest BCUT2D eigenvalue weighted by Gasteiger charge is 2.23. The average Bonchev–Trinajstić information content (AvgIpc) is 2.82.